The average molecular weight is 260 g/mol. The molecular weight excluding hydrogens is 244 g/mol. The highest BCUT2D eigenvalue weighted by molar-refractivity contribution is 5.60. The van der Waals surface area contributed by atoms with Crippen LogP contribution in [-0.2, 0) is 5.54 Å². The van der Waals surface area contributed by atoms with E-state index in [-0.39, 0.29) is 5.69 Å². The van der Waals surface area contributed by atoms with Crippen LogP contribution in [0.15, 0.2) is 30.5 Å². The second kappa shape index (κ2) is 4.81. The maximum Gasteiger partial charge on any atom is 0.269 e. The molecule has 1 unspecified atom stereocenters. The summed E-state index contributed by atoms with van der Waals surface area (Å²) in [6.45, 7) is 3.90. The van der Waals surface area contributed by atoms with E-state index in [4.69, 9.17) is 5.73 Å². The third-order valence-electron chi connectivity index (χ3n) is 3.24. The first-order valence-corrected chi connectivity index (χ1v) is 6.03. The second-order valence-corrected chi connectivity index (χ2v) is 4.72. The molecule has 0 radical (unpaired) electrons. The van der Waals surface area contributed by atoms with Crippen LogP contribution >= 0.6 is 0 Å². The second-order valence-electron chi connectivity index (χ2n) is 4.72. The van der Waals surface area contributed by atoms with Crippen LogP contribution in [0.5, 0.6) is 0 Å². The number of hydrogen-bond acceptors (Lipinski definition) is 4. The van der Waals surface area contributed by atoms with Crippen molar-refractivity contribution in [2.75, 3.05) is 0 Å². The third kappa shape index (κ3) is 2.63. The van der Waals surface area contributed by atoms with Crippen molar-refractivity contribution in [1.82, 2.24) is 9.97 Å². The van der Waals surface area contributed by atoms with Crippen molar-refractivity contribution in [2.24, 2.45) is 5.73 Å². The largest absolute Gasteiger partial charge is 0.340 e. The van der Waals surface area contributed by atoms with Gasteiger partial charge in [-0.15, -0.1) is 0 Å². The lowest BCUT2D eigenvalue weighted by atomic mass is 10.00. The monoisotopic (exact) mass is 260 g/mol. The lowest BCUT2D eigenvalue weighted by Crippen LogP contribution is -2.33. The molecule has 2 aromatic rings. The fourth-order valence-corrected chi connectivity index (χ4v) is 1.69. The highest BCUT2D eigenvalue weighted by atomic mass is 16.6. The van der Waals surface area contributed by atoms with Gasteiger partial charge in [-0.3, -0.25) is 10.1 Å². The summed E-state index contributed by atoms with van der Waals surface area (Å²) < 4.78 is 0. The summed E-state index contributed by atoms with van der Waals surface area (Å²) in [5, 5.41) is 10.6. The van der Waals surface area contributed by atoms with Gasteiger partial charge in [0.1, 0.15) is 5.82 Å². The predicted octanol–water partition coefficient (Wildman–Crippen LogP) is 2.57. The fraction of sp³-hybridized carbons (Fsp3) is 0.308. The molecular formula is C13H16N4O2. The molecule has 0 aliphatic carbocycles. The van der Waals surface area contributed by atoms with E-state index in [0.717, 1.165) is 17.7 Å². The minimum Gasteiger partial charge on any atom is -0.340 e. The first kappa shape index (κ1) is 13.2. The van der Waals surface area contributed by atoms with E-state index < -0.39 is 10.5 Å². The van der Waals surface area contributed by atoms with Gasteiger partial charge in [0.05, 0.1) is 22.4 Å². The number of non-ortho nitro benzene ring substituents is 1. The van der Waals surface area contributed by atoms with E-state index >= 15 is 0 Å². The zero-order valence-electron chi connectivity index (χ0n) is 10.9. The number of hydrogen-bond donors (Lipinski definition) is 2. The number of aromatic nitrogens is 2. The highest BCUT2D eigenvalue weighted by Gasteiger charge is 2.22. The molecule has 1 heterocycles. The number of imidazole rings is 1. The van der Waals surface area contributed by atoms with Crippen LogP contribution in [0.2, 0.25) is 0 Å². The molecule has 2 rings (SSSR count). The highest BCUT2D eigenvalue weighted by Crippen LogP contribution is 2.24. The first-order chi connectivity index (χ1) is 8.94. The Labute approximate surface area is 110 Å². The van der Waals surface area contributed by atoms with Crippen molar-refractivity contribution in [3.63, 3.8) is 0 Å². The SMILES string of the molecule is CCC(C)(N)c1ncc(-c2ccc([N+](=O)[O-])cc2)[nH]1. The van der Waals surface area contributed by atoms with E-state index in [9.17, 15) is 10.1 Å². The normalized spacial score (nSPS) is 14.1. The van der Waals surface area contributed by atoms with Crippen LogP contribution < -0.4 is 5.73 Å². The summed E-state index contributed by atoms with van der Waals surface area (Å²) in [4.78, 5) is 17.6. The molecule has 1 atom stereocenters. The Balaban J connectivity index is 2.30. The molecule has 100 valence electrons. The number of nitro benzene ring substituents is 1. The standard InChI is InChI=1S/C13H16N4O2/c1-3-13(2,14)12-15-8-11(16-12)9-4-6-10(7-5-9)17(18)19/h4-8H,3,14H2,1-2H3,(H,15,16). The van der Waals surface area contributed by atoms with Gasteiger partial charge in [0.2, 0.25) is 0 Å². The topological polar surface area (TPSA) is 97.8 Å². The average Bonchev–Trinajstić information content (AvgIpc) is 2.89. The number of nitrogens with one attached hydrogen (secondary N) is 1. The minimum atomic E-state index is -0.501. The molecule has 0 spiro atoms. The molecule has 0 amide bonds. The summed E-state index contributed by atoms with van der Waals surface area (Å²) in [6, 6.07) is 6.32. The van der Waals surface area contributed by atoms with E-state index in [1.807, 2.05) is 13.8 Å². The lowest BCUT2D eigenvalue weighted by molar-refractivity contribution is -0.384. The zero-order valence-corrected chi connectivity index (χ0v) is 10.9. The summed E-state index contributed by atoms with van der Waals surface area (Å²) >= 11 is 0. The Hall–Kier alpha value is -2.21. The molecule has 0 bridgehead atoms. The van der Waals surface area contributed by atoms with Gasteiger partial charge in [0.15, 0.2) is 0 Å². The molecule has 1 aromatic carbocycles. The maximum absolute atomic E-state index is 10.6. The molecule has 3 N–H and O–H groups in total. The summed E-state index contributed by atoms with van der Waals surface area (Å²) in [6.07, 6.45) is 2.46. The smallest absolute Gasteiger partial charge is 0.269 e. The number of H-pyrrole nitrogens is 1. The summed E-state index contributed by atoms with van der Waals surface area (Å²) in [5.41, 5.74) is 7.32. The van der Waals surface area contributed by atoms with Gasteiger partial charge >= 0.3 is 0 Å². The predicted molar refractivity (Wildman–Crippen MR) is 72.5 cm³/mol. The van der Waals surface area contributed by atoms with E-state index in [1.54, 1.807) is 18.3 Å². The van der Waals surface area contributed by atoms with Crippen LogP contribution in [0.1, 0.15) is 26.1 Å². The van der Waals surface area contributed by atoms with E-state index in [0.29, 0.717) is 5.82 Å². The van der Waals surface area contributed by atoms with Crippen LogP contribution in [0, 0.1) is 10.1 Å². The molecule has 0 fully saturated rings. The van der Waals surface area contributed by atoms with Crippen LogP contribution in [0.4, 0.5) is 5.69 Å². The summed E-state index contributed by atoms with van der Waals surface area (Å²) in [7, 11) is 0. The Kier molecular flexibility index (Phi) is 3.35. The Morgan fingerprint density at radius 1 is 1.42 bits per heavy atom. The number of nitrogens with zero attached hydrogens (tertiary/aromatic N) is 2. The van der Waals surface area contributed by atoms with Gasteiger partial charge in [-0.25, -0.2) is 4.98 Å². The van der Waals surface area contributed by atoms with Gasteiger partial charge in [-0.05, 0) is 25.5 Å². The van der Waals surface area contributed by atoms with Gasteiger partial charge < -0.3 is 10.7 Å². The minimum absolute atomic E-state index is 0.0701. The van der Waals surface area contributed by atoms with Crippen molar-refractivity contribution < 1.29 is 4.92 Å². The van der Waals surface area contributed by atoms with Crippen LogP contribution in [0.3, 0.4) is 0 Å². The number of nitro groups is 1. The van der Waals surface area contributed by atoms with Crippen LogP contribution in [-0.4, -0.2) is 14.9 Å². The van der Waals surface area contributed by atoms with Crippen molar-refractivity contribution in [3.8, 4) is 11.3 Å². The Morgan fingerprint density at radius 2 is 2.05 bits per heavy atom. The molecule has 0 aliphatic heterocycles. The van der Waals surface area contributed by atoms with Crippen molar-refractivity contribution in [3.05, 3.63) is 46.4 Å². The molecule has 6 nitrogen and oxygen atoms in total. The molecule has 6 heteroatoms. The number of nitrogens with two attached hydrogens (primary N) is 1. The number of aromatic amines is 1. The van der Waals surface area contributed by atoms with Gasteiger partial charge in [0, 0.05) is 17.7 Å². The van der Waals surface area contributed by atoms with Crippen molar-refractivity contribution >= 4 is 5.69 Å². The Bertz CT molecular complexity index is 587. The van der Waals surface area contributed by atoms with Gasteiger partial charge in [0.25, 0.3) is 5.69 Å². The number of benzene rings is 1. The first-order valence-electron chi connectivity index (χ1n) is 6.03. The molecule has 0 saturated heterocycles. The molecule has 0 aliphatic rings. The quantitative estimate of drug-likeness (QED) is 0.652. The van der Waals surface area contributed by atoms with Crippen molar-refractivity contribution in [1.29, 1.82) is 0 Å². The van der Waals surface area contributed by atoms with Gasteiger partial charge in [-0.1, -0.05) is 6.92 Å². The lowest BCUT2D eigenvalue weighted by Gasteiger charge is -2.19. The molecule has 1 aromatic heterocycles. The Morgan fingerprint density at radius 3 is 2.58 bits per heavy atom. The van der Waals surface area contributed by atoms with E-state index in [2.05, 4.69) is 9.97 Å². The maximum atomic E-state index is 10.6. The molecule has 0 saturated carbocycles. The van der Waals surface area contributed by atoms with Crippen molar-refractivity contribution in [2.45, 2.75) is 25.8 Å². The molecule has 19 heavy (non-hydrogen) atoms. The zero-order chi connectivity index (χ0) is 14.0. The number of rotatable bonds is 4. The summed E-state index contributed by atoms with van der Waals surface area (Å²) in [5.74, 6) is 0.711. The van der Waals surface area contributed by atoms with Crippen LogP contribution in [0.25, 0.3) is 11.3 Å². The fourth-order valence-electron chi connectivity index (χ4n) is 1.69. The van der Waals surface area contributed by atoms with Gasteiger partial charge in [-0.2, -0.15) is 0 Å². The van der Waals surface area contributed by atoms with E-state index in [1.165, 1.54) is 12.1 Å². The third-order valence-corrected chi connectivity index (χ3v) is 3.24.